The van der Waals surface area contributed by atoms with Crippen molar-refractivity contribution in [3.8, 4) is 5.75 Å². The Hall–Kier alpha value is -0.640. The largest absolute Gasteiger partial charge is 0.495 e. The summed E-state index contributed by atoms with van der Waals surface area (Å²) in [5, 5.41) is 4.34. The van der Waals surface area contributed by atoms with Crippen LogP contribution in [-0.2, 0) is 0 Å². The van der Waals surface area contributed by atoms with Crippen LogP contribution in [0.2, 0.25) is 10.0 Å². The van der Waals surface area contributed by atoms with E-state index < -0.39 is 0 Å². The van der Waals surface area contributed by atoms with E-state index in [2.05, 4.69) is 5.32 Å². The average Bonchev–Trinajstić information content (AvgIpc) is 2.98. The monoisotopic (exact) mass is 260 g/mol. The number of anilines is 1. The van der Waals surface area contributed by atoms with Gasteiger partial charge in [-0.15, -0.1) is 0 Å². The van der Waals surface area contributed by atoms with E-state index in [1.54, 1.807) is 19.2 Å². The Labute approximate surface area is 105 Å². The Balaban J connectivity index is 2.11. The van der Waals surface area contributed by atoms with Gasteiger partial charge in [-0.1, -0.05) is 23.2 Å². The van der Waals surface area contributed by atoms with Crippen molar-refractivity contribution in [1.82, 2.24) is 0 Å². The molecule has 0 heterocycles. The van der Waals surface area contributed by atoms with Gasteiger partial charge in [0.1, 0.15) is 5.75 Å². The van der Waals surface area contributed by atoms with Crippen LogP contribution < -0.4 is 15.8 Å². The fourth-order valence-electron chi connectivity index (χ4n) is 1.43. The Morgan fingerprint density at radius 3 is 2.62 bits per heavy atom. The maximum Gasteiger partial charge on any atom is 0.139 e. The fourth-order valence-corrected chi connectivity index (χ4v) is 1.89. The molecule has 0 radical (unpaired) electrons. The van der Waals surface area contributed by atoms with Crippen LogP contribution >= 0.6 is 23.2 Å². The lowest BCUT2D eigenvalue weighted by Gasteiger charge is -2.14. The zero-order valence-corrected chi connectivity index (χ0v) is 10.5. The number of nitrogens with one attached hydrogen (secondary N) is 1. The van der Waals surface area contributed by atoms with Crippen LogP contribution in [0.25, 0.3) is 0 Å². The van der Waals surface area contributed by atoms with Gasteiger partial charge in [0.25, 0.3) is 0 Å². The number of halogens is 2. The molecule has 0 unspecified atom stereocenters. The summed E-state index contributed by atoms with van der Waals surface area (Å²) in [5.74, 6) is 0.575. The first-order chi connectivity index (χ1) is 7.54. The molecule has 16 heavy (non-hydrogen) atoms. The minimum atomic E-state index is -0.0598. The van der Waals surface area contributed by atoms with Crippen LogP contribution in [0.4, 0.5) is 5.69 Å². The van der Waals surface area contributed by atoms with Crippen molar-refractivity contribution in [3.05, 3.63) is 22.2 Å². The van der Waals surface area contributed by atoms with E-state index in [1.807, 2.05) is 0 Å². The standard InChI is InChI=1S/C11H14Cl2N2O/c1-16-10-5-7(12)9(4-8(10)13)15-6-11(14)2-3-11/h4-5,15H,2-3,6,14H2,1H3. The van der Waals surface area contributed by atoms with E-state index in [4.69, 9.17) is 33.7 Å². The maximum atomic E-state index is 6.09. The lowest BCUT2D eigenvalue weighted by molar-refractivity contribution is 0.415. The first kappa shape index (κ1) is 11.8. The smallest absolute Gasteiger partial charge is 0.139 e. The fraction of sp³-hybridized carbons (Fsp3) is 0.455. The third-order valence-electron chi connectivity index (χ3n) is 2.76. The second-order valence-electron chi connectivity index (χ2n) is 4.18. The van der Waals surface area contributed by atoms with E-state index >= 15 is 0 Å². The molecule has 5 heteroatoms. The van der Waals surface area contributed by atoms with Crippen molar-refractivity contribution in [2.75, 3.05) is 19.0 Å². The highest BCUT2D eigenvalue weighted by Crippen LogP contribution is 2.36. The van der Waals surface area contributed by atoms with Crippen LogP contribution in [0.15, 0.2) is 12.1 Å². The molecule has 0 amide bonds. The normalized spacial score (nSPS) is 17.0. The van der Waals surface area contributed by atoms with Crippen LogP contribution in [0.5, 0.6) is 5.75 Å². The predicted octanol–water partition coefficient (Wildman–Crippen LogP) is 2.91. The molecule has 1 aliphatic rings. The maximum absolute atomic E-state index is 6.09. The van der Waals surface area contributed by atoms with E-state index in [0.717, 1.165) is 25.1 Å². The van der Waals surface area contributed by atoms with E-state index in [9.17, 15) is 0 Å². The predicted molar refractivity (Wildman–Crippen MR) is 67.7 cm³/mol. The zero-order valence-electron chi connectivity index (χ0n) is 9.02. The van der Waals surface area contributed by atoms with Gasteiger partial charge in [-0.05, 0) is 18.9 Å². The van der Waals surface area contributed by atoms with Gasteiger partial charge < -0.3 is 15.8 Å². The second kappa shape index (κ2) is 4.32. The minimum absolute atomic E-state index is 0.0598. The van der Waals surface area contributed by atoms with Gasteiger partial charge in [0, 0.05) is 18.2 Å². The summed E-state index contributed by atoms with van der Waals surface area (Å²) in [6, 6.07) is 3.46. The van der Waals surface area contributed by atoms with Gasteiger partial charge in [-0.3, -0.25) is 0 Å². The molecule has 1 fully saturated rings. The Bertz CT molecular complexity index is 405. The topological polar surface area (TPSA) is 47.3 Å². The van der Waals surface area contributed by atoms with Gasteiger partial charge >= 0.3 is 0 Å². The van der Waals surface area contributed by atoms with Crippen LogP contribution in [0.3, 0.4) is 0 Å². The molecule has 0 spiro atoms. The average molecular weight is 261 g/mol. The number of ether oxygens (including phenoxy) is 1. The summed E-state index contributed by atoms with van der Waals surface area (Å²) < 4.78 is 5.07. The summed E-state index contributed by atoms with van der Waals surface area (Å²) in [7, 11) is 1.56. The number of methoxy groups -OCH3 is 1. The molecular formula is C11H14Cl2N2O. The second-order valence-corrected chi connectivity index (χ2v) is 5.00. The molecule has 1 saturated carbocycles. The molecule has 1 aliphatic carbocycles. The molecule has 0 aromatic heterocycles. The number of hydrogen-bond donors (Lipinski definition) is 2. The first-order valence-corrected chi connectivity index (χ1v) is 5.85. The summed E-state index contributed by atoms with van der Waals surface area (Å²) in [6.07, 6.45) is 2.11. The molecule has 1 aromatic rings. The molecule has 0 saturated heterocycles. The van der Waals surface area contributed by atoms with Gasteiger partial charge in [-0.2, -0.15) is 0 Å². The minimum Gasteiger partial charge on any atom is -0.495 e. The summed E-state index contributed by atoms with van der Waals surface area (Å²) >= 11 is 12.1. The van der Waals surface area contributed by atoms with Crippen molar-refractivity contribution in [1.29, 1.82) is 0 Å². The van der Waals surface area contributed by atoms with Gasteiger partial charge in [0.05, 0.1) is 22.8 Å². The summed E-state index contributed by atoms with van der Waals surface area (Å²) in [5.41, 5.74) is 6.71. The number of nitrogens with two attached hydrogens (primary N) is 1. The van der Waals surface area contributed by atoms with Gasteiger partial charge in [-0.25, -0.2) is 0 Å². The Kier molecular flexibility index (Phi) is 3.19. The molecule has 0 aliphatic heterocycles. The molecule has 0 atom stereocenters. The molecule has 88 valence electrons. The van der Waals surface area contributed by atoms with Crippen LogP contribution in [0.1, 0.15) is 12.8 Å². The van der Waals surface area contributed by atoms with Crippen molar-refractivity contribution < 1.29 is 4.74 Å². The highest BCUT2D eigenvalue weighted by Gasteiger charge is 2.37. The zero-order chi connectivity index (χ0) is 11.8. The van der Waals surface area contributed by atoms with Crippen molar-refractivity contribution >= 4 is 28.9 Å². The molecule has 3 nitrogen and oxygen atoms in total. The number of hydrogen-bond acceptors (Lipinski definition) is 3. The summed E-state index contributed by atoms with van der Waals surface area (Å²) in [4.78, 5) is 0. The quantitative estimate of drug-likeness (QED) is 0.876. The first-order valence-electron chi connectivity index (χ1n) is 5.10. The van der Waals surface area contributed by atoms with Crippen LogP contribution in [-0.4, -0.2) is 19.2 Å². The highest BCUT2D eigenvalue weighted by atomic mass is 35.5. The molecule has 0 bridgehead atoms. The Morgan fingerprint density at radius 2 is 2.06 bits per heavy atom. The third-order valence-corrected chi connectivity index (χ3v) is 3.37. The van der Waals surface area contributed by atoms with Crippen molar-refractivity contribution in [2.24, 2.45) is 5.73 Å². The molecular weight excluding hydrogens is 247 g/mol. The van der Waals surface area contributed by atoms with Gasteiger partial charge in [0.2, 0.25) is 0 Å². The number of benzene rings is 1. The lowest BCUT2D eigenvalue weighted by atomic mass is 10.2. The van der Waals surface area contributed by atoms with E-state index in [1.165, 1.54) is 0 Å². The van der Waals surface area contributed by atoms with Crippen LogP contribution in [0, 0.1) is 0 Å². The lowest BCUT2D eigenvalue weighted by Crippen LogP contribution is -2.31. The van der Waals surface area contributed by atoms with E-state index in [-0.39, 0.29) is 5.54 Å². The molecule has 2 rings (SSSR count). The summed E-state index contributed by atoms with van der Waals surface area (Å²) in [6.45, 7) is 0.718. The van der Waals surface area contributed by atoms with Gasteiger partial charge in [0.15, 0.2) is 0 Å². The number of rotatable bonds is 4. The van der Waals surface area contributed by atoms with Crippen molar-refractivity contribution in [3.63, 3.8) is 0 Å². The molecule has 1 aromatic carbocycles. The highest BCUT2D eigenvalue weighted by molar-refractivity contribution is 6.36. The van der Waals surface area contributed by atoms with E-state index in [0.29, 0.717) is 15.8 Å². The Morgan fingerprint density at radius 1 is 1.38 bits per heavy atom. The SMILES string of the molecule is COc1cc(Cl)c(NCC2(N)CC2)cc1Cl. The third kappa shape index (κ3) is 2.54. The molecule has 3 N–H and O–H groups in total. The van der Waals surface area contributed by atoms with Crippen molar-refractivity contribution in [2.45, 2.75) is 18.4 Å².